The van der Waals surface area contributed by atoms with Crippen LogP contribution in [0, 0.1) is 5.92 Å². The van der Waals surface area contributed by atoms with Crippen molar-refractivity contribution in [1.29, 1.82) is 0 Å². The maximum Gasteiger partial charge on any atom is 0.247 e. The molecule has 3 rings (SSSR count). The zero-order valence-corrected chi connectivity index (χ0v) is 15.0. The number of para-hydroxylation sites is 2. The number of nitrogens with zero attached hydrogens (tertiary/aromatic N) is 1. The molecular formula is C20H22N4O2. The third-order valence-electron chi connectivity index (χ3n) is 4.12. The van der Waals surface area contributed by atoms with E-state index in [4.69, 9.17) is 0 Å². The number of aromatic nitrogens is 2. The molecular weight excluding hydrogens is 328 g/mol. The first-order valence-electron chi connectivity index (χ1n) is 8.57. The van der Waals surface area contributed by atoms with Gasteiger partial charge in [0.15, 0.2) is 0 Å². The lowest BCUT2D eigenvalue weighted by Gasteiger charge is -2.21. The number of anilines is 1. The van der Waals surface area contributed by atoms with Crippen LogP contribution in [0.3, 0.4) is 0 Å². The van der Waals surface area contributed by atoms with Crippen LogP contribution in [0.4, 0.5) is 5.69 Å². The lowest BCUT2D eigenvalue weighted by atomic mass is 10.0. The largest absolute Gasteiger partial charge is 0.344 e. The topological polar surface area (TPSA) is 86.9 Å². The second-order valence-electron chi connectivity index (χ2n) is 6.59. The average molecular weight is 350 g/mol. The SMILES string of the molecule is CC(=O)NC(C(=O)Nc1ccc(-c2nc3ccccc3[nH]2)cc1)C(C)C. The van der Waals surface area contributed by atoms with Crippen LogP contribution in [0.25, 0.3) is 22.4 Å². The summed E-state index contributed by atoms with van der Waals surface area (Å²) in [6.45, 7) is 5.19. The van der Waals surface area contributed by atoms with Gasteiger partial charge in [-0.1, -0.05) is 26.0 Å². The molecule has 2 amide bonds. The fourth-order valence-corrected chi connectivity index (χ4v) is 2.77. The number of hydrogen-bond acceptors (Lipinski definition) is 3. The van der Waals surface area contributed by atoms with E-state index in [-0.39, 0.29) is 17.7 Å². The van der Waals surface area contributed by atoms with E-state index in [9.17, 15) is 9.59 Å². The Morgan fingerprint density at radius 1 is 1.04 bits per heavy atom. The maximum absolute atomic E-state index is 12.4. The van der Waals surface area contributed by atoms with E-state index in [0.717, 1.165) is 22.4 Å². The van der Waals surface area contributed by atoms with Crippen molar-refractivity contribution in [2.24, 2.45) is 5.92 Å². The number of hydrogen-bond donors (Lipinski definition) is 3. The number of fused-ring (bicyclic) bond motifs is 1. The highest BCUT2D eigenvalue weighted by molar-refractivity contribution is 5.97. The molecule has 3 aromatic rings. The molecule has 0 fully saturated rings. The Bertz CT molecular complexity index is 895. The molecule has 1 unspecified atom stereocenters. The predicted molar refractivity (Wildman–Crippen MR) is 103 cm³/mol. The van der Waals surface area contributed by atoms with Gasteiger partial charge in [-0.25, -0.2) is 4.98 Å². The zero-order valence-electron chi connectivity index (χ0n) is 15.0. The molecule has 26 heavy (non-hydrogen) atoms. The molecule has 1 aromatic heterocycles. The van der Waals surface area contributed by atoms with Crippen LogP contribution in [0.15, 0.2) is 48.5 Å². The van der Waals surface area contributed by atoms with E-state index >= 15 is 0 Å². The van der Waals surface area contributed by atoms with Crippen LogP contribution in [0.5, 0.6) is 0 Å². The van der Waals surface area contributed by atoms with E-state index in [1.54, 1.807) is 0 Å². The molecule has 6 nitrogen and oxygen atoms in total. The molecule has 0 bridgehead atoms. The number of benzene rings is 2. The summed E-state index contributed by atoms with van der Waals surface area (Å²) in [6.07, 6.45) is 0. The maximum atomic E-state index is 12.4. The number of rotatable bonds is 5. The summed E-state index contributed by atoms with van der Waals surface area (Å²) < 4.78 is 0. The third-order valence-corrected chi connectivity index (χ3v) is 4.12. The highest BCUT2D eigenvalue weighted by Gasteiger charge is 2.23. The van der Waals surface area contributed by atoms with E-state index in [0.29, 0.717) is 5.69 Å². The molecule has 0 saturated carbocycles. The van der Waals surface area contributed by atoms with Crippen LogP contribution in [-0.4, -0.2) is 27.8 Å². The molecule has 3 N–H and O–H groups in total. The monoisotopic (exact) mass is 350 g/mol. The highest BCUT2D eigenvalue weighted by Crippen LogP contribution is 2.22. The average Bonchev–Trinajstić information content (AvgIpc) is 3.04. The molecule has 0 spiro atoms. The Morgan fingerprint density at radius 2 is 1.73 bits per heavy atom. The second-order valence-corrected chi connectivity index (χ2v) is 6.59. The highest BCUT2D eigenvalue weighted by atomic mass is 16.2. The zero-order chi connectivity index (χ0) is 18.7. The quantitative estimate of drug-likeness (QED) is 0.659. The summed E-state index contributed by atoms with van der Waals surface area (Å²) in [7, 11) is 0. The Kier molecular flexibility index (Phi) is 5.02. The van der Waals surface area contributed by atoms with Gasteiger partial charge in [0.05, 0.1) is 11.0 Å². The van der Waals surface area contributed by atoms with Crippen molar-refractivity contribution in [3.8, 4) is 11.4 Å². The van der Waals surface area contributed by atoms with Crippen LogP contribution in [0.2, 0.25) is 0 Å². The van der Waals surface area contributed by atoms with Crippen molar-refractivity contribution in [3.63, 3.8) is 0 Å². The summed E-state index contributed by atoms with van der Waals surface area (Å²) in [6, 6.07) is 14.7. The first kappa shape index (κ1) is 17.7. The van der Waals surface area contributed by atoms with E-state index in [2.05, 4.69) is 20.6 Å². The number of imidazole rings is 1. The number of H-pyrrole nitrogens is 1. The van der Waals surface area contributed by atoms with Gasteiger partial charge < -0.3 is 15.6 Å². The molecule has 2 aromatic carbocycles. The molecule has 6 heteroatoms. The van der Waals surface area contributed by atoms with Gasteiger partial charge in [-0.2, -0.15) is 0 Å². The molecule has 0 aliphatic rings. The summed E-state index contributed by atoms with van der Waals surface area (Å²) in [5.41, 5.74) is 3.50. The summed E-state index contributed by atoms with van der Waals surface area (Å²) >= 11 is 0. The third kappa shape index (κ3) is 3.91. The molecule has 1 atom stereocenters. The smallest absolute Gasteiger partial charge is 0.247 e. The van der Waals surface area contributed by atoms with Crippen molar-refractivity contribution in [2.75, 3.05) is 5.32 Å². The molecule has 0 saturated heterocycles. The minimum absolute atomic E-state index is 0.00581. The lowest BCUT2D eigenvalue weighted by molar-refractivity contribution is -0.126. The van der Waals surface area contributed by atoms with Gasteiger partial charge in [0.1, 0.15) is 11.9 Å². The Morgan fingerprint density at radius 3 is 2.35 bits per heavy atom. The normalized spacial score (nSPS) is 12.2. The van der Waals surface area contributed by atoms with Crippen molar-refractivity contribution >= 4 is 28.5 Å². The first-order chi connectivity index (χ1) is 12.4. The number of carbonyl (C=O) groups excluding carboxylic acids is 2. The molecule has 0 aliphatic heterocycles. The van der Waals surface area contributed by atoms with E-state index in [1.165, 1.54) is 6.92 Å². The molecule has 1 heterocycles. The summed E-state index contributed by atoms with van der Waals surface area (Å²) in [5.74, 6) is 0.321. The van der Waals surface area contributed by atoms with Crippen molar-refractivity contribution in [3.05, 3.63) is 48.5 Å². The van der Waals surface area contributed by atoms with Gasteiger partial charge in [0.25, 0.3) is 0 Å². The van der Waals surface area contributed by atoms with Gasteiger partial charge >= 0.3 is 0 Å². The van der Waals surface area contributed by atoms with Gasteiger partial charge in [-0.3, -0.25) is 9.59 Å². The Balaban J connectivity index is 1.74. The minimum atomic E-state index is -0.567. The summed E-state index contributed by atoms with van der Waals surface area (Å²) in [4.78, 5) is 31.6. The van der Waals surface area contributed by atoms with Gasteiger partial charge in [0.2, 0.25) is 11.8 Å². The molecule has 134 valence electrons. The van der Waals surface area contributed by atoms with E-state index < -0.39 is 6.04 Å². The standard InChI is InChI=1S/C20H22N4O2/c1-12(2)18(21-13(3)25)20(26)22-15-10-8-14(9-11-15)19-23-16-6-4-5-7-17(16)24-19/h4-12,18H,1-3H3,(H,21,25)(H,22,26)(H,23,24). The van der Waals surface area contributed by atoms with Crippen LogP contribution >= 0.6 is 0 Å². The van der Waals surface area contributed by atoms with Gasteiger partial charge in [0, 0.05) is 18.2 Å². The number of aromatic amines is 1. The lowest BCUT2D eigenvalue weighted by Crippen LogP contribution is -2.46. The predicted octanol–water partition coefficient (Wildman–Crippen LogP) is 3.33. The van der Waals surface area contributed by atoms with Crippen LogP contribution < -0.4 is 10.6 Å². The summed E-state index contributed by atoms with van der Waals surface area (Å²) in [5, 5.41) is 5.54. The number of nitrogens with one attached hydrogen (secondary N) is 3. The minimum Gasteiger partial charge on any atom is -0.344 e. The van der Waals surface area contributed by atoms with Gasteiger partial charge in [-0.05, 0) is 42.3 Å². The van der Waals surface area contributed by atoms with E-state index in [1.807, 2.05) is 62.4 Å². The van der Waals surface area contributed by atoms with Crippen molar-refractivity contribution < 1.29 is 9.59 Å². The van der Waals surface area contributed by atoms with Crippen molar-refractivity contribution in [2.45, 2.75) is 26.8 Å². The molecule has 0 radical (unpaired) electrons. The van der Waals surface area contributed by atoms with Crippen molar-refractivity contribution in [1.82, 2.24) is 15.3 Å². The molecule has 0 aliphatic carbocycles. The fraction of sp³-hybridized carbons (Fsp3) is 0.250. The van der Waals surface area contributed by atoms with Crippen LogP contribution in [0.1, 0.15) is 20.8 Å². The van der Waals surface area contributed by atoms with Gasteiger partial charge in [-0.15, -0.1) is 0 Å². The Hall–Kier alpha value is -3.15. The first-order valence-corrected chi connectivity index (χ1v) is 8.57. The fourth-order valence-electron chi connectivity index (χ4n) is 2.77. The number of amides is 2. The number of carbonyl (C=O) groups is 2. The Labute approximate surface area is 152 Å². The second kappa shape index (κ2) is 7.39. The van der Waals surface area contributed by atoms with Crippen LogP contribution in [-0.2, 0) is 9.59 Å².